The van der Waals surface area contributed by atoms with E-state index in [1.54, 1.807) is 0 Å². The highest BCUT2D eigenvalue weighted by atomic mass is 35.5. The Bertz CT molecular complexity index is 458. The summed E-state index contributed by atoms with van der Waals surface area (Å²) in [7, 11) is 0. The van der Waals surface area contributed by atoms with Crippen LogP contribution < -0.4 is 5.32 Å². The van der Waals surface area contributed by atoms with Gasteiger partial charge in [-0.3, -0.25) is 0 Å². The van der Waals surface area contributed by atoms with Gasteiger partial charge in [0, 0.05) is 18.0 Å². The van der Waals surface area contributed by atoms with E-state index in [1.807, 2.05) is 6.92 Å². The fourth-order valence-corrected chi connectivity index (χ4v) is 2.23. The molecule has 0 saturated heterocycles. The number of aromatic nitrogens is 2. The second kappa shape index (κ2) is 4.67. The molecule has 5 heteroatoms. The lowest BCUT2D eigenvalue weighted by Gasteiger charge is -2.14. The van der Waals surface area contributed by atoms with Crippen molar-refractivity contribution in [3.05, 3.63) is 16.5 Å². The summed E-state index contributed by atoms with van der Waals surface area (Å²) in [4.78, 5) is 8.85. The number of hydrogen-bond acceptors (Lipinski definition) is 4. The second-order valence-corrected chi connectivity index (χ2v) is 5.76. The smallest absolute Gasteiger partial charge is 0.137 e. The molecule has 0 aliphatic heterocycles. The molecule has 2 N–H and O–H groups in total. The molecule has 0 spiro atoms. The van der Waals surface area contributed by atoms with E-state index in [-0.39, 0.29) is 6.10 Å². The van der Waals surface area contributed by atoms with Gasteiger partial charge in [0.05, 0.1) is 6.10 Å². The third kappa shape index (κ3) is 2.59. The van der Waals surface area contributed by atoms with Crippen molar-refractivity contribution in [2.75, 3.05) is 11.9 Å². The van der Waals surface area contributed by atoms with Crippen molar-refractivity contribution < 1.29 is 5.11 Å². The Morgan fingerprint density at radius 1 is 1.33 bits per heavy atom. The zero-order valence-electron chi connectivity index (χ0n) is 10.5. The van der Waals surface area contributed by atoms with Gasteiger partial charge in [0.2, 0.25) is 0 Å². The number of aliphatic hydroxyl groups excluding tert-OH is 1. The number of halogens is 1. The van der Waals surface area contributed by atoms with Gasteiger partial charge in [-0.05, 0) is 38.5 Å². The maximum atomic E-state index is 9.86. The lowest BCUT2D eigenvalue weighted by Crippen LogP contribution is -2.22. The first-order chi connectivity index (χ1) is 8.65. The van der Waals surface area contributed by atoms with E-state index < -0.39 is 0 Å². The zero-order chi connectivity index (χ0) is 12.7. The Kier molecular flexibility index (Phi) is 3.16. The highest BCUT2D eigenvalue weighted by Crippen LogP contribution is 2.39. The van der Waals surface area contributed by atoms with E-state index in [0.717, 1.165) is 42.9 Å². The van der Waals surface area contributed by atoms with Gasteiger partial charge in [0.25, 0.3) is 0 Å². The minimum atomic E-state index is -0.275. The van der Waals surface area contributed by atoms with Gasteiger partial charge in [-0.2, -0.15) is 0 Å². The van der Waals surface area contributed by atoms with Gasteiger partial charge in [0.15, 0.2) is 0 Å². The van der Waals surface area contributed by atoms with Crippen LogP contribution in [0.25, 0.3) is 0 Å². The first kappa shape index (κ1) is 12.2. The molecule has 98 valence electrons. The van der Waals surface area contributed by atoms with Crippen LogP contribution in [-0.4, -0.2) is 27.7 Å². The van der Waals surface area contributed by atoms with Crippen molar-refractivity contribution in [2.24, 2.45) is 5.92 Å². The fraction of sp³-hybridized carbons (Fsp3) is 0.692. The average Bonchev–Trinajstić information content (AvgIpc) is 3.19. The molecular weight excluding hydrogens is 250 g/mol. The molecule has 1 atom stereocenters. The van der Waals surface area contributed by atoms with E-state index >= 15 is 0 Å². The minimum Gasteiger partial charge on any atom is -0.391 e. The molecule has 0 aromatic carbocycles. The number of rotatable bonds is 5. The molecule has 2 saturated carbocycles. The maximum absolute atomic E-state index is 9.86. The SMILES string of the molecule is Cc1c(Cl)nc(C2CC2)nc1NCC(O)C1CC1. The third-order valence-electron chi connectivity index (χ3n) is 3.69. The van der Waals surface area contributed by atoms with Gasteiger partial charge in [-0.15, -0.1) is 0 Å². The third-order valence-corrected chi connectivity index (χ3v) is 4.06. The van der Waals surface area contributed by atoms with Crippen LogP contribution in [-0.2, 0) is 0 Å². The summed E-state index contributed by atoms with van der Waals surface area (Å²) in [6.07, 6.45) is 4.31. The van der Waals surface area contributed by atoms with Gasteiger partial charge >= 0.3 is 0 Å². The molecule has 1 aromatic rings. The molecule has 1 heterocycles. The molecule has 0 radical (unpaired) electrons. The van der Waals surface area contributed by atoms with Crippen LogP contribution in [0.1, 0.15) is 43.0 Å². The molecule has 4 nitrogen and oxygen atoms in total. The van der Waals surface area contributed by atoms with Crippen molar-refractivity contribution in [3.8, 4) is 0 Å². The summed E-state index contributed by atoms with van der Waals surface area (Å²) >= 11 is 6.13. The molecule has 2 fully saturated rings. The molecular formula is C13H18ClN3O. The first-order valence-corrected chi connectivity index (χ1v) is 6.99. The lowest BCUT2D eigenvalue weighted by molar-refractivity contribution is 0.164. The Morgan fingerprint density at radius 3 is 2.67 bits per heavy atom. The molecule has 0 amide bonds. The van der Waals surface area contributed by atoms with Crippen molar-refractivity contribution in [2.45, 2.75) is 44.6 Å². The Hall–Kier alpha value is -0.870. The van der Waals surface area contributed by atoms with E-state index in [9.17, 15) is 5.11 Å². The second-order valence-electron chi connectivity index (χ2n) is 5.41. The molecule has 3 rings (SSSR count). The minimum absolute atomic E-state index is 0.275. The molecule has 2 aliphatic carbocycles. The molecule has 0 bridgehead atoms. The highest BCUT2D eigenvalue weighted by molar-refractivity contribution is 6.30. The van der Waals surface area contributed by atoms with E-state index in [0.29, 0.717) is 23.5 Å². The molecule has 1 aromatic heterocycles. The normalized spacial score (nSPS) is 20.8. The Balaban J connectivity index is 1.72. The van der Waals surface area contributed by atoms with Crippen LogP contribution in [0.15, 0.2) is 0 Å². The quantitative estimate of drug-likeness (QED) is 0.805. The number of hydrogen-bond donors (Lipinski definition) is 2. The average molecular weight is 268 g/mol. The summed E-state index contributed by atoms with van der Waals surface area (Å²) < 4.78 is 0. The number of anilines is 1. The van der Waals surface area contributed by atoms with Gasteiger partial charge in [-0.25, -0.2) is 9.97 Å². The monoisotopic (exact) mass is 267 g/mol. The van der Waals surface area contributed by atoms with Gasteiger partial charge < -0.3 is 10.4 Å². The standard InChI is InChI=1S/C13H18ClN3O/c1-7-11(14)16-13(9-4-5-9)17-12(7)15-6-10(18)8-2-3-8/h8-10,18H,2-6H2,1H3,(H,15,16,17). The van der Waals surface area contributed by atoms with Crippen LogP contribution in [0.5, 0.6) is 0 Å². The van der Waals surface area contributed by atoms with Crippen LogP contribution >= 0.6 is 11.6 Å². The van der Waals surface area contributed by atoms with E-state index in [4.69, 9.17) is 11.6 Å². The van der Waals surface area contributed by atoms with Crippen molar-refractivity contribution in [3.63, 3.8) is 0 Å². The predicted molar refractivity (Wildman–Crippen MR) is 71.0 cm³/mol. The van der Waals surface area contributed by atoms with Crippen molar-refractivity contribution in [1.29, 1.82) is 0 Å². The van der Waals surface area contributed by atoms with E-state index in [1.165, 1.54) is 0 Å². The summed E-state index contributed by atoms with van der Waals surface area (Å²) in [5.41, 5.74) is 0.865. The highest BCUT2D eigenvalue weighted by Gasteiger charge is 2.30. The predicted octanol–water partition coefficient (Wildman–Crippen LogP) is 2.50. The van der Waals surface area contributed by atoms with Crippen LogP contribution in [0.3, 0.4) is 0 Å². The topological polar surface area (TPSA) is 58.0 Å². The maximum Gasteiger partial charge on any atom is 0.137 e. The van der Waals surface area contributed by atoms with Crippen molar-refractivity contribution >= 4 is 17.4 Å². The molecule has 1 unspecified atom stereocenters. The fourth-order valence-electron chi connectivity index (χ4n) is 2.05. The number of nitrogens with zero attached hydrogens (tertiary/aromatic N) is 2. The van der Waals surface area contributed by atoms with Crippen molar-refractivity contribution in [1.82, 2.24) is 9.97 Å². The van der Waals surface area contributed by atoms with Gasteiger partial charge in [-0.1, -0.05) is 11.6 Å². The number of aliphatic hydroxyl groups is 1. The first-order valence-electron chi connectivity index (χ1n) is 6.61. The zero-order valence-corrected chi connectivity index (χ0v) is 11.2. The summed E-state index contributed by atoms with van der Waals surface area (Å²) in [5, 5.41) is 13.6. The Morgan fingerprint density at radius 2 is 2.06 bits per heavy atom. The lowest BCUT2D eigenvalue weighted by atomic mass is 10.2. The van der Waals surface area contributed by atoms with Crippen LogP contribution in [0.4, 0.5) is 5.82 Å². The molecule has 18 heavy (non-hydrogen) atoms. The van der Waals surface area contributed by atoms with Crippen LogP contribution in [0.2, 0.25) is 5.15 Å². The largest absolute Gasteiger partial charge is 0.391 e. The number of nitrogens with one attached hydrogen (secondary N) is 1. The van der Waals surface area contributed by atoms with E-state index in [2.05, 4.69) is 15.3 Å². The summed E-state index contributed by atoms with van der Waals surface area (Å²) in [5.74, 6) is 2.57. The Labute approximate surface area is 112 Å². The van der Waals surface area contributed by atoms with Gasteiger partial charge in [0.1, 0.15) is 16.8 Å². The molecule has 2 aliphatic rings. The summed E-state index contributed by atoms with van der Waals surface area (Å²) in [6.45, 7) is 2.45. The summed E-state index contributed by atoms with van der Waals surface area (Å²) in [6, 6.07) is 0. The van der Waals surface area contributed by atoms with Crippen LogP contribution in [0, 0.1) is 12.8 Å².